The lowest BCUT2D eigenvalue weighted by atomic mass is 9.73. The summed E-state index contributed by atoms with van der Waals surface area (Å²) in [5, 5.41) is 0. The smallest absolute Gasteiger partial charge is 0.255 e. The van der Waals surface area contributed by atoms with Crippen LogP contribution in [-0.4, -0.2) is 54.8 Å². The van der Waals surface area contributed by atoms with E-state index in [9.17, 15) is 4.79 Å². The monoisotopic (exact) mass is 330 g/mol. The van der Waals surface area contributed by atoms with Crippen molar-refractivity contribution in [1.82, 2.24) is 9.88 Å². The minimum Gasteiger partial charge on any atom is -0.380 e. The topological polar surface area (TPSA) is 51.7 Å². The Labute approximate surface area is 143 Å². The predicted molar refractivity (Wildman–Crippen MR) is 89.7 cm³/mol. The quantitative estimate of drug-likeness (QED) is 0.832. The maximum absolute atomic E-state index is 12.8. The zero-order chi connectivity index (χ0) is 16.4. The van der Waals surface area contributed by atoms with E-state index >= 15 is 0 Å². The summed E-state index contributed by atoms with van der Waals surface area (Å²) in [5.41, 5.74) is 0.630. The summed E-state index contributed by atoms with van der Waals surface area (Å²) in [6.07, 6.45) is 9.23. The van der Waals surface area contributed by atoms with Gasteiger partial charge in [0.15, 0.2) is 0 Å². The fourth-order valence-corrected chi connectivity index (χ4v) is 4.06. The number of ether oxygens (including phenoxy) is 2. The number of carbonyl (C=O) groups is 1. The molecule has 1 aromatic rings. The molecule has 1 aliphatic carbocycles. The molecule has 3 fully saturated rings. The molecule has 3 aliphatic rings. The number of nitrogens with zero attached hydrogens (tertiary/aromatic N) is 2. The summed E-state index contributed by atoms with van der Waals surface area (Å²) in [6, 6.07) is 3.66. The molecule has 2 aliphatic heterocycles. The van der Waals surface area contributed by atoms with E-state index in [1.165, 1.54) is 12.8 Å². The first-order valence-corrected chi connectivity index (χ1v) is 9.15. The summed E-state index contributed by atoms with van der Waals surface area (Å²) in [6.45, 7) is 3.90. The first-order valence-electron chi connectivity index (χ1n) is 9.15. The van der Waals surface area contributed by atoms with Crippen LogP contribution >= 0.6 is 0 Å². The third kappa shape index (κ3) is 3.33. The van der Waals surface area contributed by atoms with Crippen molar-refractivity contribution in [3.05, 3.63) is 30.1 Å². The van der Waals surface area contributed by atoms with Gasteiger partial charge in [0, 0.05) is 44.1 Å². The standard InChI is InChI=1S/C19H26N2O3/c22-18(16-3-1-8-20-11-16)21-9-6-17-19(13-21,7-2-10-24-17)14-23-12-15-4-5-15/h1,3,8,11,15,17H,2,4-7,9-10,12-14H2/t17-,19-/m1/s1. The minimum atomic E-state index is -0.0384. The fourth-order valence-electron chi connectivity index (χ4n) is 4.06. The molecule has 3 heterocycles. The highest BCUT2D eigenvalue weighted by Crippen LogP contribution is 2.41. The summed E-state index contributed by atoms with van der Waals surface area (Å²) in [4.78, 5) is 18.9. The molecule has 2 atom stereocenters. The average molecular weight is 330 g/mol. The first-order chi connectivity index (χ1) is 11.8. The van der Waals surface area contributed by atoms with E-state index in [0.29, 0.717) is 12.2 Å². The second-order valence-electron chi connectivity index (χ2n) is 7.54. The van der Waals surface area contributed by atoms with Gasteiger partial charge in [-0.2, -0.15) is 0 Å². The number of carbonyl (C=O) groups excluding carboxylic acids is 1. The molecule has 0 radical (unpaired) electrons. The Balaban J connectivity index is 1.46. The Morgan fingerprint density at radius 1 is 1.42 bits per heavy atom. The van der Waals surface area contributed by atoms with Crippen LogP contribution in [0.2, 0.25) is 0 Å². The number of hydrogen-bond acceptors (Lipinski definition) is 4. The van der Waals surface area contributed by atoms with Crippen LogP contribution in [0.5, 0.6) is 0 Å². The van der Waals surface area contributed by atoms with Crippen LogP contribution in [0.1, 0.15) is 42.5 Å². The van der Waals surface area contributed by atoms with Gasteiger partial charge in [-0.05, 0) is 50.2 Å². The third-order valence-electron chi connectivity index (χ3n) is 5.62. The molecule has 0 bridgehead atoms. The van der Waals surface area contributed by atoms with Gasteiger partial charge >= 0.3 is 0 Å². The zero-order valence-corrected chi connectivity index (χ0v) is 14.2. The van der Waals surface area contributed by atoms with Gasteiger partial charge in [0.05, 0.1) is 18.3 Å². The van der Waals surface area contributed by atoms with Gasteiger partial charge in [-0.1, -0.05) is 0 Å². The number of amides is 1. The van der Waals surface area contributed by atoms with Gasteiger partial charge in [0.2, 0.25) is 0 Å². The maximum Gasteiger partial charge on any atom is 0.255 e. The van der Waals surface area contributed by atoms with Gasteiger partial charge in [-0.3, -0.25) is 9.78 Å². The summed E-state index contributed by atoms with van der Waals surface area (Å²) < 4.78 is 12.1. The van der Waals surface area contributed by atoms with Crippen molar-refractivity contribution in [3.8, 4) is 0 Å². The second-order valence-corrected chi connectivity index (χ2v) is 7.54. The van der Waals surface area contributed by atoms with Gasteiger partial charge in [0.1, 0.15) is 0 Å². The number of pyridine rings is 1. The molecular formula is C19H26N2O3. The number of fused-ring (bicyclic) bond motifs is 1. The molecule has 4 rings (SSSR count). The highest BCUT2D eigenvalue weighted by molar-refractivity contribution is 5.94. The molecule has 1 aromatic heterocycles. The van der Waals surface area contributed by atoms with E-state index < -0.39 is 0 Å². The van der Waals surface area contributed by atoms with Crippen LogP contribution < -0.4 is 0 Å². The fraction of sp³-hybridized carbons (Fsp3) is 0.684. The Bertz CT molecular complexity index is 575. The molecule has 24 heavy (non-hydrogen) atoms. The normalized spacial score (nSPS) is 30.0. The van der Waals surface area contributed by atoms with Crippen LogP contribution in [0, 0.1) is 11.3 Å². The molecule has 1 saturated carbocycles. The van der Waals surface area contributed by atoms with Crippen molar-refractivity contribution < 1.29 is 14.3 Å². The van der Waals surface area contributed by atoms with Crippen LogP contribution in [-0.2, 0) is 9.47 Å². The first kappa shape index (κ1) is 16.0. The molecule has 130 valence electrons. The zero-order valence-electron chi connectivity index (χ0n) is 14.2. The van der Waals surface area contributed by atoms with Crippen LogP contribution in [0.15, 0.2) is 24.5 Å². The average Bonchev–Trinajstić information content (AvgIpc) is 3.45. The van der Waals surface area contributed by atoms with E-state index in [-0.39, 0.29) is 17.4 Å². The minimum absolute atomic E-state index is 0.0384. The highest BCUT2D eigenvalue weighted by atomic mass is 16.5. The van der Waals surface area contributed by atoms with E-state index in [1.54, 1.807) is 12.4 Å². The number of rotatable bonds is 5. The van der Waals surface area contributed by atoms with Crippen molar-refractivity contribution in [2.45, 2.75) is 38.2 Å². The Kier molecular flexibility index (Phi) is 4.55. The van der Waals surface area contributed by atoms with Crippen molar-refractivity contribution in [2.24, 2.45) is 11.3 Å². The number of aromatic nitrogens is 1. The molecule has 0 aromatic carbocycles. The Morgan fingerprint density at radius 3 is 3.12 bits per heavy atom. The van der Waals surface area contributed by atoms with Gasteiger partial charge in [0.25, 0.3) is 5.91 Å². The van der Waals surface area contributed by atoms with E-state index in [0.717, 1.165) is 51.5 Å². The van der Waals surface area contributed by atoms with Crippen LogP contribution in [0.25, 0.3) is 0 Å². The lowest BCUT2D eigenvalue weighted by Crippen LogP contribution is -2.58. The highest BCUT2D eigenvalue weighted by Gasteiger charge is 2.47. The lowest BCUT2D eigenvalue weighted by Gasteiger charge is -2.50. The Morgan fingerprint density at radius 2 is 2.33 bits per heavy atom. The predicted octanol–water partition coefficient (Wildman–Crippen LogP) is 2.52. The van der Waals surface area contributed by atoms with Crippen molar-refractivity contribution in [1.29, 1.82) is 0 Å². The maximum atomic E-state index is 12.8. The third-order valence-corrected chi connectivity index (χ3v) is 5.62. The SMILES string of the molecule is O=C(c1cccnc1)N1CC[C@H]2OCCC[C@]2(COCC2CC2)C1. The van der Waals surface area contributed by atoms with Crippen LogP contribution in [0.4, 0.5) is 0 Å². The van der Waals surface area contributed by atoms with Gasteiger partial charge < -0.3 is 14.4 Å². The summed E-state index contributed by atoms with van der Waals surface area (Å²) in [5.74, 6) is 0.842. The molecule has 0 spiro atoms. The largest absolute Gasteiger partial charge is 0.380 e. The van der Waals surface area contributed by atoms with E-state index in [1.807, 2.05) is 17.0 Å². The van der Waals surface area contributed by atoms with Gasteiger partial charge in [-0.15, -0.1) is 0 Å². The molecule has 5 heteroatoms. The molecular weight excluding hydrogens is 304 g/mol. The molecule has 0 unspecified atom stereocenters. The van der Waals surface area contributed by atoms with E-state index in [4.69, 9.17) is 9.47 Å². The van der Waals surface area contributed by atoms with Crippen molar-refractivity contribution >= 4 is 5.91 Å². The van der Waals surface area contributed by atoms with Gasteiger partial charge in [-0.25, -0.2) is 0 Å². The number of piperidine rings is 1. The molecule has 0 N–H and O–H groups in total. The molecule has 1 amide bonds. The number of hydrogen-bond donors (Lipinski definition) is 0. The molecule has 5 nitrogen and oxygen atoms in total. The summed E-state index contributed by atoms with van der Waals surface area (Å²) in [7, 11) is 0. The van der Waals surface area contributed by atoms with Crippen LogP contribution in [0.3, 0.4) is 0 Å². The molecule has 2 saturated heterocycles. The van der Waals surface area contributed by atoms with Crippen molar-refractivity contribution in [2.75, 3.05) is 32.9 Å². The number of likely N-dealkylation sites (tertiary alicyclic amines) is 1. The lowest BCUT2D eigenvalue weighted by molar-refractivity contribution is -0.147. The second kappa shape index (κ2) is 6.81. The van der Waals surface area contributed by atoms with Crippen molar-refractivity contribution in [3.63, 3.8) is 0 Å². The summed E-state index contributed by atoms with van der Waals surface area (Å²) >= 11 is 0. The van der Waals surface area contributed by atoms with E-state index in [2.05, 4.69) is 4.98 Å². The Hall–Kier alpha value is -1.46.